The smallest absolute Gasteiger partial charge is 0.221 e. The number of fused-ring (bicyclic) bond motifs is 1. The second-order valence-corrected chi connectivity index (χ2v) is 6.66. The summed E-state index contributed by atoms with van der Waals surface area (Å²) in [4.78, 5) is 11.1. The molecule has 0 radical (unpaired) electrons. The first-order valence-electron chi connectivity index (χ1n) is 9.09. The Morgan fingerprint density at radius 1 is 1.14 bits per heavy atom. The summed E-state index contributed by atoms with van der Waals surface area (Å²) in [6, 6.07) is 17.0. The highest BCUT2D eigenvalue weighted by Crippen LogP contribution is 2.37. The summed E-state index contributed by atoms with van der Waals surface area (Å²) < 4.78 is 11.4. The van der Waals surface area contributed by atoms with Gasteiger partial charge in [0, 0.05) is 11.3 Å². The van der Waals surface area contributed by atoms with Gasteiger partial charge >= 0.3 is 0 Å². The Balaban J connectivity index is 1.73. The number of carbonyl (C=O) groups excluding carboxylic acids is 1. The number of carbonyl (C=O) groups is 1. The van der Waals surface area contributed by atoms with E-state index in [1.165, 1.54) is 0 Å². The molecule has 2 heterocycles. The van der Waals surface area contributed by atoms with Gasteiger partial charge in [0.15, 0.2) is 11.4 Å². The number of rotatable bonds is 6. The zero-order chi connectivity index (χ0) is 20.4. The molecule has 146 valence electrons. The van der Waals surface area contributed by atoms with E-state index in [1.54, 1.807) is 7.11 Å². The van der Waals surface area contributed by atoms with Crippen molar-refractivity contribution in [3.8, 4) is 17.0 Å². The lowest BCUT2D eigenvalue weighted by atomic mass is 10.1. The molecule has 0 unspecified atom stereocenters. The molecule has 0 saturated carbocycles. The van der Waals surface area contributed by atoms with Crippen LogP contribution in [0.4, 0.5) is 11.5 Å². The van der Waals surface area contributed by atoms with Crippen LogP contribution in [0.1, 0.15) is 11.3 Å². The summed E-state index contributed by atoms with van der Waals surface area (Å²) in [5.74, 6) is 1.61. The quantitative estimate of drug-likeness (QED) is 0.518. The summed E-state index contributed by atoms with van der Waals surface area (Å²) in [7, 11) is 1.63. The number of methoxy groups -OCH3 is 1. The van der Waals surface area contributed by atoms with E-state index in [0.29, 0.717) is 22.8 Å². The molecule has 3 N–H and O–H groups in total. The monoisotopic (exact) mass is 388 g/mol. The van der Waals surface area contributed by atoms with Gasteiger partial charge in [0.2, 0.25) is 5.91 Å². The molecule has 0 spiro atoms. The van der Waals surface area contributed by atoms with Crippen molar-refractivity contribution in [2.24, 2.45) is 5.73 Å². The van der Waals surface area contributed by atoms with Crippen LogP contribution < -0.4 is 15.8 Å². The summed E-state index contributed by atoms with van der Waals surface area (Å²) in [5.41, 5.74) is 9.03. The SMILES string of the molecule is COc1ccccc1-c1nnc(Nc2ccc(CC(N)=O)cc2)c2oc(C)cc12. The Kier molecular flexibility index (Phi) is 4.87. The molecule has 4 rings (SSSR count). The molecule has 0 aliphatic heterocycles. The molecule has 0 atom stereocenters. The fraction of sp³-hybridized carbons (Fsp3) is 0.136. The van der Waals surface area contributed by atoms with Crippen molar-refractivity contribution < 1.29 is 13.9 Å². The molecule has 0 fully saturated rings. The van der Waals surface area contributed by atoms with Gasteiger partial charge in [0.05, 0.1) is 18.9 Å². The minimum atomic E-state index is -0.365. The third-order valence-electron chi connectivity index (χ3n) is 4.53. The molecule has 7 nitrogen and oxygen atoms in total. The lowest BCUT2D eigenvalue weighted by Gasteiger charge is -2.10. The molecule has 7 heteroatoms. The van der Waals surface area contributed by atoms with E-state index >= 15 is 0 Å². The van der Waals surface area contributed by atoms with Crippen molar-refractivity contribution in [1.82, 2.24) is 10.2 Å². The van der Waals surface area contributed by atoms with Crippen LogP contribution in [0.2, 0.25) is 0 Å². The van der Waals surface area contributed by atoms with Crippen molar-refractivity contribution in [1.29, 1.82) is 0 Å². The molecule has 2 aromatic carbocycles. The first-order chi connectivity index (χ1) is 14.0. The van der Waals surface area contributed by atoms with E-state index in [2.05, 4.69) is 15.5 Å². The molecule has 2 aromatic heterocycles. The van der Waals surface area contributed by atoms with Crippen molar-refractivity contribution in [3.05, 3.63) is 65.9 Å². The zero-order valence-electron chi connectivity index (χ0n) is 16.1. The van der Waals surface area contributed by atoms with Crippen LogP contribution in [0.15, 0.2) is 59.0 Å². The number of aryl methyl sites for hydroxylation is 1. The maximum Gasteiger partial charge on any atom is 0.221 e. The van der Waals surface area contributed by atoms with Gasteiger partial charge < -0.3 is 20.2 Å². The first kappa shape index (κ1) is 18.5. The summed E-state index contributed by atoms with van der Waals surface area (Å²) in [6.07, 6.45) is 0.204. The highest BCUT2D eigenvalue weighted by molar-refractivity contribution is 5.98. The Morgan fingerprint density at radius 3 is 2.62 bits per heavy atom. The maximum absolute atomic E-state index is 11.1. The number of hydrogen-bond donors (Lipinski definition) is 2. The molecular formula is C22H20N4O3. The van der Waals surface area contributed by atoms with E-state index in [0.717, 1.165) is 28.0 Å². The van der Waals surface area contributed by atoms with Gasteiger partial charge in [-0.05, 0) is 42.8 Å². The number of ether oxygens (including phenoxy) is 1. The zero-order valence-corrected chi connectivity index (χ0v) is 16.1. The van der Waals surface area contributed by atoms with E-state index in [4.69, 9.17) is 14.9 Å². The highest BCUT2D eigenvalue weighted by Gasteiger charge is 2.18. The number of furan rings is 1. The van der Waals surface area contributed by atoms with Gasteiger partial charge in [-0.25, -0.2) is 0 Å². The molecule has 0 aliphatic carbocycles. The number of anilines is 2. The normalized spacial score (nSPS) is 10.8. The Bertz CT molecular complexity index is 1180. The number of benzene rings is 2. The molecule has 4 aromatic rings. The highest BCUT2D eigenvalue weighted by atomic mass is 16.5. The number of primary amides is 1. The maximum atomic E-state index is 11.1. The fourth-order valence-corrected chi connectivity index (χ4v) is 3.23. The lowest BCUT2D eigenvalue weighted by molar-refractivity contribution is -0.117. The standard InChI is InChI=1S/C22H20N4O3/c1-13-11-17-20(16-5-3-4-6-18(16)28-2)25-26-22(21(17)29-13)24-15-9-7-14(8-10-15)12-19(23)27/h3-11H,12H2,1-2H3,(H2,23,27)(H,24,26). The Morgan fingerprint density at radius 2 is 1.90 bits per heavy atom. The predicted octanol–water partition coefficient (Wildman–Crippen LogP) is 3.98. The minimum absolute atomic E-state index is 0.204. The number of aromatic nitrogens is 2. The number of nitrogens with one attached hydrogen (secondary N) is 1. The molecule has 1 amide bonds. The largest absolute Gasteiger partial charge is 0.496 e. The van der Waals surface area contributed by atoms with E-state index < -0.39 is 0 Å². The van der Waals surface area contributed by atoms with E-state index in [9.17, 15) is 4.79 Å². The fourth-order valence-electron chi connectivity index (χ4n) is 3.23. The van der Waals surface area contributed by atoms with Gasteiger partial charge in [-0.1, -0.05) is 24.3 Å². The first-order valence-corrected chi connectivity index (χ1v) is 9.09. The molecule has 0 bridgehead atoms. The van der Waals surface area contributed by atoms with Gasteiger partial charge in [-0.2, -0.15) is 0 Å². The lowest BCUT2D eigenvalue weighted by Crippen LogP contribution is -2.13. The van der Waals surface area contributed by atoms with Crippen molar-refractivity contribution in [2.45, 2.75) is 13.3 Å². The van der Waals surface area contributed by atoms with Crippen molar-refractivity contribution in [3.63, 3.8) is 0 Å². The minimum Gasteiger partial charge on any atom is -0.496 e. The van der Waals surface area contributed by atoms with E-state index in [-0.39, 0.29) is 12.3 Å². The number of nitrogens with zero attached hydrogens (tertiary/aromatic N) is 2. The predicted molar refractivity (Wildman–Crippen MR) is 111 cm³/mol. The van der Waals surface area contributed by atoms with Gasteiger partial charge in [0.1, 0.15) is 17.2 Å². The third-order valence-corrected chi connectivity index (χ3v) is 4.53. The summed E-state index contributed by atoms with van der Waals surface area (Å²) >= 11 is 0. The van der Waals surface area contributed by atoms with E-state index in [1.807, 2.05) is 61.5 Å². The van der Waals surface area contributed by atoms with Crippen LogP contribution in [-0.2, 0) is 11.2 Å². The second-order valence-electron chi connectivity index (χ2n) is 6.66. The second kappa shape index (κ2) is 7.63. The van der Waals surface area contributed by atoms with Crippen LogP contribution in [0.3, 0.4) is 0 Å². The number of hydrogen-bond acceptors (Lipinski definition) is 6. The van der Waals surface area contributed by atoms with Crippen LogP contribution in [-0.4, -0.2) is 23.2 Å². The molecular weight excluding hydrogens is 368 g/mol. The average molecular weight is 388 g/mol. The van der Waals surface area contributed by atoms with Gasteiger partial charge in [-0.3, -0.25) is 4.79 Å². The van der Waals surface area contributed by atoms with Crippen LogP contribution in [0.25, 0.3) is 22.2 Å². The number of amides is 1. The van der Waals surface area contributed by atoms with Crippen molar-refractivity contribution >= 4 is 28.4 Å². The molecule has 0 aliphatic rings. The average Bonchev–Trinajstić information content (AvgIpc) is 3.11. The Hall–Kier alpha value is -3.87. The summed E-state index contributed by atoms with van der Waals surface area (Å²) in [6.45, 7) is 1.88. The topological polar surface area (TPSA) is 103 Å². The van der Waals surface area contributed by atoms with Crippen molar-refractivity contribution in [2.75, 3.05) is 12.4 Å². The molecule has 29 heavy (non-hydrogen) atoms. The number of para-hydroxylation sites is 1. The van der Waals surface area contributed by atoms with Gasteiger partial charge in [0.25, 0.3) is 0 Å². The van der Waals surface area contributed by atoms with Gasteiger partial charge in [-0.15, -0.1) is 10.2 Å². The number of nitrogens with two attached hydrogens (primary N) is 1. The summed E-state index contributed by atoms with van der Waals surface area (Å²) in [5, 5.41) is 12.9. The van der Waals surface area contributed by atoms with Crippen LogP contribution >= 0.6 is 0 Å². The van der Waals surface area contributed by atoms with Crippen LogP contribution in [0, 0.1) is 6.92 Å². The van der Waals surface area contributed by atoms with Crippen LogP contribution in [0.5, 0.6) is 5.75 Å². The Labute approximate surface area is 167 Å². The third kappa shape index (κ3) is 3.75. The molecule has 0 saturated heterocycles.